The first-order chi connectivity index (χ1) is 12.4. The smallest absolute Gasteiger partial charge is 0.0811 e. The standard InChI is InChI=1S/C24H36O2/c1-5-7-16(2)21-11-12-22-18(8-6-13-24(21,22)4)9-10-19-14-20(25)15-23(26)17(19)3/h5,9-10,16,20-23,25-26H,1,3,6-8,11-15H2,2,4H3/b18-9+,19-10-/t16-,20-,21-,22+,23+,24-/m1/s1. The van der Waals surface area contributed by atoms with Crippen molar-refractivity contribution in [1.29, 1.82) is 0 Å². The van der Waals surface area contributed by atoms with Crippen molar-refractivity contribution < 1.29 is 10.2 Å². The summed E-state index contributed by atoms with van der Waals surface area (Å²) in [5.74, 6) is 2.18. The lowest BCUT2D eigenvalue weighted by atomic mass is 9.61. The Morgan fingerprint density at radius 1 is 1.27 bits per heavy atom. The van der Waals surface area contributed by atoms with E-state index in [2.05, 4.69) is 45.2 Å². The molecule has 0 bridgehead atoms. The highest BCUT2D eigenvalue weighted by molar-refractivity contribution is 5.38. The van der Waals surface area contributed by atoms with Crippen LogP contribution in [-0.4, -0.2) is 22.4 Å². The number of hydrogen-bond donors (Lipinski definition) is 2. The van der Waals surface area contributed by atoms with Crippen molar-refractivity contribution in [2.75, 3.05) is 0 Å². The van der Waals surface area contributed by atoms with Crippen LogP contribution in [0.2, 0.25) is 0 Å². The predicted octanol–water partition coefficient (Wildman–Crippen LogP) is 5.34. The molecule has 6 atom stereocenters. The molecule has 2 nitrogen and oxygen atoms in total. The second-order valence-corrected chi connectivity index (χ2v) is 9.17. The van der Waals surface area contributed by atoms with Gasteiger partial charge in [0.2, 0.25) is 0 Å². The Morgan fingerprint density at radius 2 is 2.04 bits per heavy atom. The summed E-state index contributed by atoms with van der Waals surface area (Å²) in [4.78, 5) is 0. The van der Waals surface area contributed by atoms with Crippen molar-refractivity contribution in [1.82, 2.24) is 0 Å². The highest BCUT2D eigenvalue weighted by atomic mass is 16.3. The van der Waals surface area contributed by atoms with Crippen LogP contribution in [0.4, 0.5) is 0 Å². The maximum Gasteiger partial charge on any atom is 0.0811 e. The lowest BCUT2D eigenvalue weighted by molar-refractivity contribution is 0.0862. The number of aliphatic hydroxyl groups excluding tert-OH is 2. The maximum atomic E-state index is 10.1. The number of rotatable bonds is 4. The fourth-order valence-corrected chi connectivity index (χ4v) is 6.11. The molecule has 0 spiro atoms. The van der Waals surface area contributed by atoms with Gasteiger partial charge in [-0.3, -0.25) is 0 Å². The van der Waals surface area contributed by atoms with Gasteiger partial charge in [-0.2, -0.15) is 0 Å². The Balaban J connectivity index is 1.81. The van der Waals surface area contributed by atoms with Gasteiger partial charge in [-0.1, -0.05) is 44.2 Å². The molecule has 0 amide bonds. The van der Waals surface area contributed by atoms with Crippen LogP contribution >= 0.6 is 0 Å². The van der Waals surface area contributed by atoms with Crippen LogP contribution in [0.3, 0.4) is 0 Å². The molecule has 2 heteroatoms. The first-order valence-corrected chi connectivity index (χ1v) is 10.4. The van der Waals surface area contributed by atoms with Crippen molar-refractivity contribution in [2.45, 2.75) is 77.4 Å². The Kier molecular flexibility index (Phi) is 5.94. The van der Waals surface area contributed by atoms with Gasteiger partial charge in [-0.25, -0.2) is 0 Å². The van der Waals surface area contributed by atoms with E-state index < -0.39 is 12.2 Å². The third-order valence-electron chi connectivity index (χ3n) is 7.53. The SMILES string of the molecule is C=CC[C@@H](C)[C@H]1CC[C@H]2/C(=C/C=C3/C[C@@H](O)C[C@H](O)C3=C)CCC[C@]12C. The maximum absolute atomic E-state index is 10.1. The molecule has 0 aromatic heterocycles. The van der Waals surface area contributed by atoms with E-state index in [9.17, 15) is 10.2 Å². The van der Waals surface area contributed by atoms with Gasteiger partial charge in [-0.15, -0.1) is 6.58 Å². The van der Waals surface area contributed by atoms with E-state index in [1.165, 1.54) is 32.1 Å². The van der Waals surface area contributed by atoms with Crippen LogP contribution in [0.1, 0.15) is 65.2 Å². The Hall–Kier alpha value is -1.12. The van der Waals surface area contributed by atoms with E-state index >= 15 is 0 Å². The van der Waals surface area contributed by atoms with Crippen LogP contribution < -0.4 is 0 Å². The minimum Gasteiger partial charge on any atom is -0.393 e. The molecular formula is C24H36O2. The van der Waals surface area contributed by atoms with E-state index in [0.717, 1.165) is 23.5 Å². The zero-order chi connectivity index (χ0) is 18.9. The zero-order valence-corrected chi connectivity index (χ0v) is 16.6. The lowest BCUT2D eigenvalue weighted by Gasteiger charge is -2.44. The molecule has 0 aromatic rings. The van der Waals surface area contributed by atoms with E-state index in [1.54, 1.807) is 5.57 Å². The van der Waals surface area contributed by atoms with Crippen molar-refractivity contribution in [2.24, 2.45) is 23.2 Å². The summed E-state index contributed by atoms with van der Waals surface area (Å²) in [5, 5.41) is 20.0. The first kappa shape index (κ1) is 19.6. The normalized spacial score (nSPS) is 42.1. The van der Waals surface area contributed by atoms with Gasteiger partial charge in [0, 0.05) is 6.42 Å². The number of hydrogen-bond acceptors (Lipinski definition) is 2. The Bertz CT molecular complexity index is 614. The Morgan fingerprint density at radius 3 is 2.77 bits per heavy atom. The summed E-state index contributed by atoms with van der Waals surface area (Å²) in [6, 6.07) is 0. The zero-order valence-electron chi connectivity index (χ0n) is 16.6. The van der Waals surface area contributed by atoms with Crippen molar-refractivity contribution >= 4 is 0 Å². The summed E-state index contributed by atoms with van der Waals surface area (Å²) >= 11 is 0. The van der Waals surface area contributed by atoms with Crippen LogP contribution in [0.25, 0.3) is 0 Å². The molecule has 3 fully saturated rings. The monoisotopic (exact) mass is 356 g/mol. The molecule has 0 saturated heterocycles. The molecule has 3 aliphatic rings. The van der Waals surface area contributed by atoms with Crippen LogP contribution in [0.5, 0.6) is 0 Å². The highest BCUT2D eigenvalue weighted by Crippen LogP contribution is 2.59. The molecule has 3 saturated carbocycles. The van der Waals surface area contributed by atoms with Gasteiger partial charge in [0.25, 0.3) is 0 Å². The van der Waals surface area contributed by atoms with Gasteiger partial charge in [0.1, 0.15) is 0 Å². The molecular weight excluding hydrogens is 320 g/mol. The largest absolute Gasteiger partial charge is 0.393 e. The molecule has 144 valence electrons. The molecule has 3 aliphatic carbocycles. The van der Waals surface area contributed by atoms with Crippen molar-refractivity contribution in [3.63, 3.8) is 0 Å². The van der Waals surface area contributed by atoms with E-state index in [-0.39, 0.29) is 0 Å². The van der Waals surface area contributed by atoms with Crippen molar-refractivity contribution in [3.05, 3.63) is 48.1 Å². The van der Waals surface area contributed by atoms with Crippen LogP contribution in [-0.2, 0) is 0 Å². The molecule has 0 aliphatic heterocycles. The van der Waals surface area contributed by atoms with Gasteiger partial charge in [-0.05, 0) is 79.3 Å². The quantitative estimate of drug-likeness (QED) is 0.668. The predicted molar refractivity (Wildman–Crippen MR) is 109 cm³/mol. The molecule has 3 rings (SSSR count). The highest BCUT2D eigenvalue weighted by Gasteiger charge is 2.50. The average molecular weight is 357 g/mol. The third kappa shape index (κ3) is 3.64. The fraction of sp³-hybridized carbons (Fsp3) is 0.667. The Labute approximate surface area is 159 Å². The molecule has 0 aromatic carbocycles. The van der Waals surface area contributed by atoms with Gasteiger partial charge < -0.3 is 10.2 Å². The van der Waals surface area contributed by atoms with Gasteiger partial charge >= 0.3 is 0 Å². The second-order valence-electron chi connectivity index (χ2n) is 9.17. The average Bonchev–Trinajstić information content (AvgIpc) is 2.94. The molecule has 0 radical (unpaired) electrons. The number of aliphatic hydroxyl groups is 2. The summed E-state index contributed by atoms with van der Waals surface area (Å²) in [6.45, 7) is 12.9. The minimum atomic E-state index is -0.601. The van der Waals surface area contributed by atoms with Crippen molar-refractivity contribution in [3.8, 4) is 0 Å². The van der Waals surface area contributed by atoms with Crippen LogP contribution in [0, 0.1) is 23.2 Å². The van der Waals surface area contributed by atoms with E-state index in [1.807, 2.05) is 0 Å². The lowest BCUT2D eigenvalue weighted by Crippen LogP contribution is -2.35. The van der Waals surface area contributed by atoms with Crippen LogP contribution in [0.15, 0.2) is 48.1 Å². The summed E-state index contributed by atoms with van der Waals surface area (Å²) < 4.78 is 0. The second kappa shape index (κ2) is 7.86. The first-order valence-electron chi connectivity index (χ1n) is 10.4. The third-order valence-corrected chi connectivity index (χ3v) is 7.53. The minimum absolute atomic E-state index is 0.410. The van der Waals surface area contributed by atoms with E-state index in [4.69, 9.17) is 0 Å². The summed E-state index contributed by atoms with van der Waals surface area (Å²) in [7, 11) is 0. The molecule has 0 unspecified atom stereocenters. The number of fused-ring (bicyclic) bond motifs is 1. The molecule has 2 N–H and O–H groups in total. The van der Waals surface area contributed by atoms with Gasteiger partial charge in [0.05, 0.1) is 12.2 Å². The fourth-order valence-electron chi connectivity index (χ4n) is 6.11. The summed E-state index contributed by atoms with van der Waals surface area (Å²) in [5.41, 5.74) is 3.79. The number of allylic oxidation sites excluding steroid dienone is 4. The molecule has 26 heavy (non-hydrogen) atoms. The summed E-state index contributed by atoms with van der Waals surface area (Å²) in [6.07, 6.45) is 14.0. The molecule has 0 heterocycles. The van der Waals surface area contributed by atoms with Gasteiger partial charge in [0.15, 0.2) is 0 Å². The topological polar surface area (TPSA) is 40.5 Å². The van der Waals surface area contributed by atoms with E-state index in [0.29, 0.717) is 30.1 Å².